The molecule has 0 aromatic carbocycles. The largest absolute Gasteiger partial charge is 0.303 e. The number of carbonyl (C=O) groups is 2. The van der Waals surface area contributed by atoms with Crippen LogP contribution in [0.15, 0.2) is 17.8 Å². The van der Waals surface area contributed by atoms with Crippen molar-refractivity contribution in [2.75, 3.05) is 25.4 Å². The second-order valence-corrected chi connectivity index (χ2v) is 6.79. The standard InChI is InChI=1S/C16H25N5O2S/c1-3-8-21-14(7-11-20-9-5-4-6-10-20)18-19-16(21)24-12-15(23)17-13(2)22/h3H,1,4-12H2,2H3,(H,17,22,23). The molecule has 1 aromatic heterocycles. The van der Waals surface area contributed by atoms with Crippen molar-refractivity contribution >= 4 is 23.6 Å². The zero-order chi connectivity index (χ0) is 17.4. The Hall–Kier alpha value is -1.67. The molecule has 7 nitrogen and oxygen atoms in total. The highest BCUT2D eigenvalue weighted by Gasteiger charge is 2.16. The highest BCUT2D eigenvalue weighted by molar-refractivity contribution is 7.99. The van der Waals surface area contributed by atoms with Crippen molar-refractivity contribution in [2.45, 2.75) is 44.3 Å². The van der Waals surface area contributed by atoms with Crippen molar-refractivity contribution in [3.05, 3.63) is 18.5 Å². The Morgan fingerprint density at radius 2 is 2.04 bits per heavy atom. The van der Waals surface area contributed by atoms with Crippen molar-refractivity contribution < 1.29 is 9.59 Å². The number of nitrogens with one attached hydrogen (secondary N) is 1. The summed E-state index contributed by atoms with van der Waals surface area (Å²) in [6.45, 7) is 9.00. The second kappa shape index (κ2) is 9.58. The molecule has 0 atom stereocenters. The summed E-state index contributed by atoms with van der Waals surface area (Å²) in [4.78, 5) is 24.9. The summed E-state index contributed by atoms with van der Waals surface area (Å²) in [7, 11) is 0. The molecule has 2 heterocycles. The Bertz CT molecular complexity index is 581. The fraction of sp³-hybridized carbons (Fsp3) is 0.625. The first kappa shape index (κ1) is 18.7. The fourth-order valence-electron chi connectivity index (χ4n) is 2.73. The van der Waals surface area contributed by atoms with Crippen LogP contribution in [0.3, 0.4) is 0 Å². The number of rotatable bonds is 8. The summed E-state index contributed by atoms with van der Waals surface area (Å²) in [6, 6.07) is 0. The average Bonchev–Trinajstić information content (AvgIpc) is 2.94. The summed E-state index contributed by atoms with van der Waals surface area (Å²) >= 11 is 1.28. The second-order valence-electron chi connectivity index (χ2n) is 5.84. The molecule has 1 aliphatic rings. The van der Waals surface area contributed by atoms with E-state index in [4.69, 9.17) is 0 Å². The molecule has 0 aliphatic carbocycles. The van der Waals surface area contributed by atoms with Gasteiger partial charge in [0.15, 0.2) is 5.16 Å². The number of aromatic nitrogens is 3. The topological polar surface area (TPSA) is 80.1 Å². The van der Waals surface area contributed by atoms with Crippen LogP contribution >= 0.6 is 11.8 Å². The lowest BCUT2D eigenvalue weighted by atomic mass is 10.1. The minimum atomic E-state index is -0.352. The fourth-order valence-corrected chi connectivity index (χ4v) is 3.49. The third-order valence-electron chi connectivity index (χ3n) is 3.85. The van der Waals surface area contributed by atoms with Gasteiger partial charge >= 0.3 is 0 Å². The smallest absolute Gasteiger partial charge is 0.237 e. The van der Waals surface area contributed by atoms with Gasteiger partial charge in [-0.05, 0) is 25.9 Å². The van der Waals surface area contributed by atoms with Gasteiger partial charge in [0.2, 0.25) is 11.8 Å². The third-order valence-corrected chi connectivity index (χ3v) is 4.82. The molecule has 1 N–H and O–H groups in total. The van der Waals surface area contributed by atoms with Crippen LogP contribution in [-0.4, -0.2) is 56.9 Å². The van der Waals surface area contributed by atoms with Gasteiger partial charge in [0.05, 0.1) is 5.75 Å². The van der Waals surface area contributed by atoms with Crippen LogP contribution in [0.5, 0.6) is 0 Å². The lowest BCUT2D eigenvalue weighted by Gasteiger charge is -2.26. The Balaban J connectivity index is 1.93. The quantitative estimate of drug-likeness (QED) is 0.561. The molecule has 0 radical (unpaired) electrons. The van der Waals surface area contributed by atoms with Gasteiger partial charge in [-0.1, -0.05) is 24.3 Å². The van der Waals surface area contributed by atoms with Crippen LogP contribution in [0.2, 0.25) is 0 Å². The van der Waals surface area contributed by atoms with Gasteiger partial charge in [-0.2, -0.15) is 0 Å². The van der Waals surface area contributed by atoms with Gasteiger partial charge in [-0.15, -0.1) is 16.8 Å². The van der Waals surface area contributed by atoms with Gasteiger partial charge in [-0.25, -0.2) is 0 Å². The van der Waals surface area contributed by atoms with E-state index in [0.717, 1.165) is 31.9 Å². The van der Waals surface area contributed by atoms with E-state index in [1.807, 2.05) is 4.57 Å². The number of nitrogens with zero attached hydrogens (tertiary/aromatic N) is 4. The number of thioether (sulfide) groups is 1. The normalized spacial score (nSPS) is 15.2. The van der Waals surface area contributed by atoms with E-state index in [-0.39, 0.29) is 17.6 Å². The Morgan fingerprint density at radius 1 is 1.29 bits per heavy atom. The van der Waals surface area contributed by atoms with Gasteiger partial charge in [0.1, 0.15) is 5.82 Å². The van der Waals surface area contributed by atoms with Crippen molar-refractivity contribution in [3.63, 3.8) is 0 Å². The number of hydrogen-bond acceptors (Lipinski definition) is 6. The number of piperidine rings is 1. The first-order chi connectivity index (χ1) is 11.6. The van der Waals surface area contributed by atoms with E-state index >= 15 is 0 Å². The third kappa shape index (κ3) is 5.76. The lowest BCUT2D eigenvalue weighted by molar-refractivity contribution is -0.127. The van der Waals surface area contributed by atoms with Crippen molar-refractivity contribution in [1.29, 1.82) is 0 Å². The first-order valence-electron chi connectivity index (χ1n) is 8.28. The molecule has 1 fully saturated rings. The molecule has 0 unspecified atom stereocenters. The maximum Gasteiger partial charge on any atom is 0.237 e. The molecule has 1 aromatic rings. The van der Waals surface area contributed by atoms with Crippen LogP contribution in [0.4, 0.5) is 0 Å². The van der Waals surface area contributed by atoms with E-state index in [0.29, 0.717) is 11.7 Å². The van der Waals surface area contributed by atoms with Crippen LogP contribution in [0.25, 0.3) is 0 Å². The number of hydrogen-bond donors (Lipinski definition) is 1. The van der Waals surface area contributed by atoms with Crippen molar-refractivity contribution in [2.24, 2.45) is 0 Å². The van der Waals surface area contributed by atoms with Crippen LogP contribution in [0.1, 0.15) is 32.0 Å². The number of likely N-dealkylation sites (tertiary alicyclic amines) is 1. The average molecular weight is 351 g/mol. The van der Waals surface area contributed by atoms with Gasteiger partial charge < -0.3 is 9.47 Å². The van der Waals surface area contributed by atoms with Gasteiger partial charge in [0, 0.05) is 26.4 Å². The molecule has 8 heteroatoms. The molecule has 2 rings (SSSR count). The molecule has 132 valence electrons. The SMILES string of the molecule is C=CCn1c(CCN2CCCCC2)nnc1SCC(=O)NC(C)=O. The molecule has 2 amide bonds. The summed E-state index contributed by atoms with van der Waals surface area (Å²) in [5, 5.41) is 11.4. The summed E-state index contributed by atoms with van der Waals surface area (Å²) in [6.07, 6.45) is 6.50. The first-order valence-corrected chi connectivity index (χ1v) is 9.27. The monoisotopic (exact) mass is 351 g/mol. The molecule has 0 bridgehead atoms. The molecular weight excluding hydrogens is 326 g/mol. The number of allylic oxidation sites excluding steroid dienone is 1. The minimum Gasteiger partial charge on any atom is -0.303 e. The maximum absolute atomic E-state index is 11.6. The Kier molecular flexibility index (Phi) is 7.45. The van der Waals surface area contributed by atoms with Crippen molar-refractivity contribution in [3.8, 4) is 0 Å². The summed E-state index contributed by atoms with van der Waals surface area (Å²) < 4.78 is 1.99. The molecule has 0 saturated carbocycles. The summed E-state index contributed by atoms with van der Waals surface area (Å²) in [5.41, 5.74) is 0. The lowest BCUT2D eigenvalue weighted by Crippen LogP contribution is -2.32. The van der Waals surface area contributed by atoms with E-state index in [1.165, 1.54) is 37.9 Å². The Morgan fingerprint density at radius 3 is 2.71 bits per heavy atom. The molecular formula is C16H25N5O2S. The van der Waals surface area contributed by atoms with Gasteiger partial charge in [-0.3, -0.25) is 14.9 Å². The predicted molar refractivity (Wildman–Crippen MR) is 93.8 cm³/mol. The van der Waals surface area contributed by atoms with E-state index in [9.17, 15) is 9.59 Å². The Labute approximate surface area is 146 Å². The van der Waals surface area contributed by atoms with Crippen molar-refractivity contribution in [1.82, 2.24) is 25.0 Å². The van der Waals surface area contributed by atoms with Crippen LogP contribution < -0.4 is 5.32 Å². The number of amides is 2. The van der Waals surface area contributed by atoms with E-state index < -0.39 is 0 Å². The maximum atomic E-state index is 11.6. The predicted octanol–water partition coefficient (Wildman–Crippen LogP) is 1.25. The minimum absolute atomic E-state index is 0.140. The number of imide groups is 1. The molecule has 1 saturated heterocycles. The highest BCUT2D eigenvalue weighted by atomic mass is 32.2. The highest BCUT2D eigenvalue weighted by Crippen LogP contribution is 2.18. The zero-order valence-corrected chi connectivity index (χ0v) is 15.0. The van der Waals surface area contributed by atoms with Gasteiger partial charge in [0.25, 0.3) is 0 Å². The van der Waals surface area contributed by atoms with E-state index in [2.05, 4.69) is 27.0 Å². The number of carbonyl (C=O) groups excluding carboxylic acids is 2. The molecule has 24 heavy (non-hydrogen) atoms. The molecule has 1 aliphatic heterocycles. The molecule has 0 spiro atoms. The van der Waals surface area contributed by atoms with E-state index in [1.54, 1.807) is 6.08 Å². The summed E-state index contributed by atoms with van der Waals surface area (Å²) in [5.74, 6) is 0.377. The zero-order valence-electron chi connectivity index (χ0n) is 14.2. The van der Waals surface area contributed by atoms with Crippen LogP contribution in [-0.2, 0) is 22.6 Å². The van der Waals surface area contributed by atoms with Crippen LogP contribution in [0, 0.1) is 0 Å².